The Hall–Kier alpha value is -1.82. The Labute approximate surface area is 179 Å². The molecule has 1 aromatic heterocycles. The van der Waals surface area contributed by atoms with Crippen molar-refractivity contribution in [3.05, 3.63) is 64.1 Å². The van der Waals surface area contributed by atoms with Gasteiger partial charge in [-0.15, -0.1) is 0 Å². The van der Waals surface area contributed by atoms with E-state index in [4.69, 9.17) is 36.7 Å². The lowest BCUT2D eigenvalue weighted by atomic mass is 10.2. The van der Waals surface area contributed by atoms with E-state index in [1.54, 1.807) is 32.0 Å². The van der Waals surface area contributed by atoms with Gasteiger partial charge in [0.05, 0.1) is 23.8 Å². The van der Waals surface area contributed by atoms with Gasteiger partial charge in [-0.05, 0) is 37.6 Å². The zero-order chi connectivity index (χ0) is 20.9. The lowest BCUT2D eigenvalue weighted by molar-refractivity contribution is 0.229. The minimum Gasteiger partial charge on any atom is -0.420 e. The molecule has 0 saturated heterocycles. The maximum absolute atomic E-state index is 13.4. The van der Waals surface area contributed by atoms with E-state index >= 15 is 0 Å². The molecular formula is C20H21Cl2N2O4P. The van der Waals surface area contributed by atoms with Gasteiger partial charge in [-0.25, -0.2) is 0 Å². The first-order valence-corrected chi connectivity index (χ1v) is 11.4. The van der Waals surface area contributed by atoms with Gasteiger partial charge >= 0.3 is 7.60 Å². The summed E-state index contributed by atoms with van der Waals surface area (Å²) in [6, 6.07) is 14.7. The largest absolute Gasteiger partial charge is 0.420 e. The molecule has 0 aliphatic rings. The molecule has 0 saturated carbocycles. The second kappa shape index (κ2) is 9.79. The van der Waals surface area contributed by atoms with Crippen molar-refractivity contribution in [3.8, 4) is 11.5 Å². The van der Waals surface area contributed by atoms with Crippen LogP contribution in [0.25, 0.3) is 11.5 Å². The molecule has 0 bridgehead atoms. The zero-order valence-corrected chi connectivity index (χ0v) is 18.4. The second-order valence-electron chi connectivity index (χ2n) is 5.97. The van der Waals surface area contributed by atoms with Crippen molar-refractivity contribution in [2.75, 3.05) is 18.5 Å². The van der Waals surface area contributed by atoms with E-state index in [9.17, 15) is 4.57 Å². The van der Waals surface area contributed by atoms with Crippen LogP contribution in [0.15, 0.2) is 52.9 Å². The van der Waals surface area contributed by atoms with Crippen molar-refractivity contribution in [3.63, 3.8) is 0 Å². The Bertz CT molecular complexity index is 1000. The first-order chi connectivity index (χ1) is 14.0. The smallest absolute Gasteiger partial charge is 0.385 e. The normalized spacial score (nSPS) is 11.6. The van der Waals surface area contributed by atoms with Gasteiger partial charge in [0.1, 0.15) is 0 Å². The molecule has 0 aliphatic heterocycles. The van der Waals surface area contributed by atoms with Crippen LogP contribution in [-0.4, -0.2) is 18.2 Å². The molecule has 0 amide bonds. The van der Waals surface area contributed by atoms with Gasteiger partial charge < -0.3 is 18.8 Å². The van der Waals surface area contributed by atoms with Gasteiger partial charge in [0.15, 0.2) is 0 Å². The Morgan fingerprint density at radius 1 is 1.07 bits per heavy atom. The lowest BCUT2D eigenvalue weighted by Gasteiger charge is -2.15. The highest BCUT2D eigenvalue weighted by Gasteiger charge is 2.36. The molecular weight excluding hydrogens is 434 g/mol. The molecule has 0 unspecified atom stereocenters. The minimum absolute atomic E-state index is 0.0816. The Kier molecular flexibility index (Phi) is 7.38. The maximum Gasteiger partial charge on any atom is 0.385 e. The SMILES string of the molecule is CCOP(=O)(OCC)c1nc(-c2ccc(Cl)cc2Cl)oc1NCc1ccccc1. The number of nitrogens with zero attached hydrogens (tertiary/aromatic N) is 1. The molecule has 29 heavy (non-hydrogen) atoms. The van der Waals surface area contributed by atoms with Crippen LogP contribution in [0.4, 0.5) is 5.88 Å². The number of halogens is 2. The Balaban J connectivity index is 2.03. The highest BCUT2D eigenvalue weighted by molar-refractivity contribution is 7.62. The Morgan fingerprint density at radius 2 is 1.76 bits per heavy atom. The van der Waals surface area contributed by atoms with Gasteiger partial charge in [0.2, 0.25) is 17.2 Å². The van der Waals surface area contributed by atoms with Crippen LogP contribution >= 0.6 is 30.8 Å². The summed E-state index contributed by atoms with van der Waals surface area (Å²) in [6.45, 7) is 4.30. The fraction of sp³-hybridized carbons (Fsp3) is 0.250. The molecule has 3 aromatic rings. The summed E-state index contributed by atoms with van der Waals surface area (Å²) in [5, 5.41) is 3.99. The summed E-state index contributed by atoms with van der Waals surface area (Å²) in [5.74, 6) is 0.400. The topological polar surface area (TPSA) is 73.6 Å². The van der Waals surface area contributed by atoms with Crippen molar-refractivity contribution in [1.29, 1.82) is 0 Å². The number of anilines is 1. The maximum atomic E-state index is 13.4. The average Bonchev–Trinajstić information content (AvgIpc) is 3.12. The molecule has 2 aromatic carbocycles. The van der Waals surface area contributed by atoms with E-state index in [-0.39, 0.29) is 30.4 Å². The molecule has 3 rings (SSSR count). The van der Waals surface area contributed by atoms with Gasteiger partial charge in [-0.2, -0.15) is 4.98 Å². The molecule has 0 spiro atoms. The number of nitrogens with one attached hydrogen (secondary N) is 1. The number of benzene rings is 2. The van der Waals surface area contributed by atoms with Gasteiger partial charge in [-0.3, -0.25) is 4.57 Å². The van der Waals surface area contributed by atoms with E-state index in [0.717, 1.165) is 5.56 Å². The highest BCUT2D eigenvalue weighted by Crippen LogP contribution is 2.49. The molecule has 0 atom stereocenters. The van der Waals surface area contributed by atoms with E-state index in [1.807, 2.05) is 30.3 Å². The predicted octanol–water partition coefficient (Wildman–Crippen LogP) is 6.15. The van der Waals surface area contributed by atoms with Gasteiger partial charge in [0, 0.05) is 11.6 Å². The fourth-order valence-electron chi connectivity index (χ4n) is 2.67. The molecule has 0 radical (unpaired) electrons. The molecule has 154 valence electrons. The number of hydrogen-bond acceptors (Lipinski definition) is 6. The number of hydrogen-bond donors (Lipinski definition) is 1. The molecule has 1 N–H and O–H groups in total. The minimum atomic E-state index is -3.69. The molecule has 9 heteroatoms. The van der Waals surface area contributed by atoms with Gasteiger partial charge in [-0.1, -0.05) is 53.5 Å². The van der Waals surface area contributed by atoms with E-state index in [1.165, 1.54) is 0 Å². The third-order valence-electron chi connectivity index (χ3n) is 3.92. The molecule has 1 heterocycles. The van der Waals surface area contributed by atoms with Crippen LogP contribution in [0.1, 0.15) is 19.4 Å². The van der Waals surface area contributed by atoms with Crippen LogP contribution in [0.3, 0.4) is 0 Å². The van der Waals surface area contributed by atoms with Crippen LogP contribution in [0, 0.1) is 0 Å². The van der Waals surface area contributed by atoms with Crippen molar-refractivity contribution >= 4 is 42.1 Å². The summed E-state index contributed by atoms with van der Waals surface area (Å²) < 4.78 is 30.2. The quantitative estimate of drug-likeness (QED) is 0.390. The van der Waals surface area contributed by atoms with Crippen molar-refractivity contribution in [2.24, 2.45) is 0 Å². The Morgan fingerprint density at radius 3 is 2.38 bits per heavy atom. The van der Waals surface area contributed by atoms with Crippen molar-refractivity contribution < 1.29 is 18.0 Å². The number of rotatable bonds is 9. The lowest BCUT2D eigenvalue weighted by Crippen LogP contribution is -2.16. The number of oxazole rings is 1. The summed E-state index contributed by atoms with van der Waals surface area (Å²) in [6.07, 6.45) is 0. The first-order valence-electron chi connectivity index (χ1n) is 9.10. The zero-order valence-electron chi connectivity index (χ0n) is 16.0. The van der Waals surface area contributed by atoms with Crippen molar-refractivity contribution in [1.82, 2.24) is 4.98 Å². The summed E-state index contributed by atoms with van der Waals surface area (Å²) in [7, 11) is -3.69. The third-order valence-corrected chi connectivity index (χ3v) is 6.49. The second-order valence-corrected chi connectivity index (χ2v) is 8.75. The monoisotopic (exact) mass is 454 g/mol. The third kappa shape index (κ3) is 5.21. The molecule has 0 fully saturated rings. The van der Waals surface area contributed by atoms with Crippen LogP contribution < -0.4 is 10.8 Å². The fourth-order valence-corrected chi connectivity index (χ4v) is 4.74. The van der Waals surface area contributed by atoms with E-state index in [0.29, 0.717) is 22.2 Å². The van der Waals surface area contributed by atoms with E-state index in [2.05, 4.69) is 10.3 Å². The summed E-state index contributed by atoms with van der Waals surface area (Å²) >= 11 is 12.3. The molecule has 6 nitrogen and oxygen atoms in total. The predicted molar refractivity (Wildman–Crippen MR) is 116 cm³/mol. The summed E-state index contributed by atoms with van der Waals surface area (Å²) in [4.78, 5) is 4.42. The van der Waals surface area contributed by atoms with E-state index < -0.39 is 7.60 Å². The number of aromatic nitrogens is 1. The highest BCUT2D eigenvalue weighted by atomic mass is 35.5. The first kappa shape index (κ1) is 21.9. The average molecular weight is 455 g/mol. The van der Waals surface area contributed by atoms with Crippen LogP contribution in [0.5, 0.6) is 0 Å². The van der Waals surface area contributed by atoms with Crippen LogP contribution in [-0.2, 0) is 20.2 Å². The van der Waals surface area contributed by atoms with Gasteiger partial charge in [0.25, 0.3) is 0 Å². The summed E-state index contributed by atoms with van der Waals surface area (Å²) in [5.41, 5.74) is 1.62. The van der Waals surface area contributed by atoms with Crippen LogP contribution in [0.2, 0.25) is 10.0 Å². The molecule has 0 aliphatic carbocycles. The standard InChI is InChI=1S/C20H21Cl2N2O4P/c1-3-26-29(25,27-4-2)20-19(23-13-14-8-6-5-7-9-14)28-18(24-20)16-11-10-15(21)12-17(16)22/h5-12,23H,3-4,13H2,1-2H3. The van der Waals surface area contributed by atoms with Crippen molar-refractivity contribution in [2.45, 2.75) is 20.4 Å².